The Bertz CT molecular complexity index is 1130. The number of para-hydroxylation sites is 1. The van der Waals surface area contributed by atoms with E-state index in [-0.39, 0.29) is 6.04 Å². The van der Waals surface area contributed by atoms with Gasteiger partial charge in [-0.15, -0.1) is 0 Å². The summed E-state index contributed by atoms with van der Waals surface area (Å²) in [4.78, 5) is 0. The Balaban J connectivity index is 1.57. The van der Waals surface area contributed by atoms with Gasteiger partial charge in [0.25, 0.3) is 0 Å². The van der Waals surface area contributed by atoms with Crippen LogP contribution in [0.1, 0.15) is 42.3 Å². The van der Waals surface area contributed by atoms with Gasteiger partial charge >= 0.3 is 0 Å². The molecule has 158 valence electrons. The molecule has 0 saturated heterocycles. The second kappa shape index (κ2) is 8.16. The zero-order valence-electron chi connectivity index (χ0n) is 17.4. The third kappa shape index (κ3) is 3.59. The summed E-state index contributed by atoms with van der Waals surface area (Å²) < 4.78 is 17.6. The van der Waals surface area contributed by atoms with Gasteiger partial charge in [0.05, 0.1) is 25.5 Å². The summed E-state index contributed by atoms with van der Waals surface area (Å²) in [6, 6.07) is 21.9. The standard InChI is InChI=1S/C25H23ClN2O3/c1-3-30-19-12-10-16(11-13-19)21-15-22-20-8-5-9-23(29-2)24(20)31-25(28(22)27-21)17-6-4-7-18(26)14-17/h4-14,22,25H,3,15H2,1-2H3/t22-,25-/m0/s1. The Hall–Kier alpha value is -3.18. The molecule has 0 aromatic heterocycles. The van der Waals surface area contributed by atoms with Crippen LogP contribution in [0.2, 0.25) is 5.02 Å². The maximum atomic E-state index is 6.46. The molecule has 0 bridgehead atoms. The van der Waals surface area contributed by atoms with Gasteiger partial charge in [-0.05, 0) is 55.0 Å². The molecule has 0 radical (unpaired) electrons. The minimum atomic E-state index is -0.396. The average Bonchev–Trinajstić information content (AvgIpc) is 3.24. The van der Waals surface area contributed by atoms with E-state index in [1.165, 1.54) is 0 Å². The van der Waals surface area contributed by atoms with Crippen molar-refractivity contribution in [1.29, 1.82) is 0 Å². The van der Waals surface area contributed by atoms with Crippen LogP contribution in [0.5, 0.6) is 17.2 Å². The molecule has 2 aliphatic rings. The Morgan fingerprint density at radius 2 is 1.90 bits per heavy atom. The zero-order chi connectivity index (χ0) is 21.4. The predicted octanol–water partition coefficient (Wildman–Crippen LogP) is 5.99. The van der Waals surface area contributed by atoms with E-state index < -0.39 is 6.23 Å². The number of hydrazone groups is 1. The zero-order valence-corrected chi connectivity index (χ0v) is 18.2. The van der Waals surface area contributed by atoms with Crippen LogP contribution < -0.4 is 14.2 Å². The lowest BCUT2D eigenvalue weighted by atomic mass is 9.95. The topological polar surface area (TPSA) is 43.3 Å². The first-order valence-electron chi connectivity index (χ1n) is 10.4. The van der Waals surface area contributed by atoms with Gasteiger partial charge in [-0.1, -0.05) is 35.9 Å². The van der Waals surface area contributed by atoms with Crippen LogP contribution in [-0.2, 0) is 0 Å². The van der Waals surface area contributed by atoms with Gasteiger partial charge in [0.2, 0.25) is 6.23 Å². The molecule has 5 rings (SSSR count). The number of ether oxygens (including phenoxy) is 3. The highest BCUT2D eigenvalue weighted by atomic mass is 35.5. The number of methoxy groups -OCH3 is 1. The molecule has 31 heavy (non-hydrogen) atoms. The molecule has 0 fully saturated rings. The van der Waals surface area contributed by atoms with E-state index in [0.717, 1.165) is 46.1 Å². The highest BCUT2D eigenvalue weighted by Crippen LogP contribution is 2.50. The van der Waals surface area contributed by atoms with Gasteiger partial charge in [-0.3, -0.25) is 0 Å². The lowest BCUT2D eigenvalue weighted by Gasteiger charge is -2.38. The van der Waals surface area contributed by atoms with Gasteiger partial charge in [0, 0.05) is 22.6 Å². The number of nitrogens with zero attached hydrogens (tertiary/aromatic N) is 2. The smallest absolute Gasteiger partial charge is 0.214 e. The van der Waals surface area contributed by atoms with Crippen molar-refractivity contribution in [3.8, 4) is 17.2 Å². The Kier molecular flexibility index (Phi) is 5.20. The molecule has 5 nitrogen and oxygen atoms in total. The Morgan fingerprint density at radius 1 is 1.10 bits per heavy atom. The van der Waals surface area contributed by atoms with Crippen molar-refractivity contribution in [1.82, 2.24) is 5.01 Å². The summed E-state index contributed by atoms with van der Waals surface area (Å²) >= 11 is 6.28. The normalized spacial score (nSPS) is 19.2. The summed E-state index contributed by atoms with van der Waals surface area (Å²) in [5.74, 6) is 2.34. The third-order valence-electron chi connectivity index (χ3n) is 5.63. The highest BCUT2D eigenvalue weighted by molar-refractivity contribution is 6.30. The minimum absolute atomic E-state index is 0.0457. The van der Waals surface area contributed by atoms with Gasteiger partial charge in [-0.2, -0.15) is 5.10 Å². The van der Waals surface area contributed by atoms with E-state index in [1.807, 2.05) is 60.5 Å². The van der Waals surface area contributed by atoms with Crippen molar-refractivity contribution in [2.45, 2.75) is 25.6 Å². The maximum Gasteiger partial charge on any atom is 0.214 e. The predicted molar refractivity (Wildman–Crippen MR) is 121 cm³/mol. The quantitative estimate of drug-likeness (QED) is 0.494. The van der Waals surface area contributed by atoms with E-state index in [2.05, 4.69) is 18.2 Å². The molecule has 0 spiro atoms. The van der Waals surface area contributed by atoms with Crippen molar-refractivity contribution in [2.75, 3.05) is 13.7 Å². The SMILES string of the molecule is CCOc1ccc(C2=NN3[C@@H](C2)c2cccc(OC)c2O[C@H]3c2cccc(Cl)c2)cc1. The van der Waals surface area contributed by atoms with Crippen LogP contribution in [0.15, 0.2) is 71.8 Å². The van der Waals surface area contributed by atoms with Gasteiger partial charge in [0.15, 0.2) is 11.5 Å². The van der Waals surface area contributed by atoms with Crippen LogP contribution in [0.25, 0.3) is 0 Å². The number of hydrogen-bond acceptors (Lipinski definition) is 5. The number of benzene rings is 3. The second-order valence-electron chi connectivity index (χ2n) is 7.51. The van der Waals surface area contributed by atoms with E-state index in [9.17, 15) is 0 Å². The molecule has 3 aromatic rings. The molecule has 0 amide bonds. The van der Waals surface area contributed by atoms with E-state index in [1.54, 1.807) is 7.11 Å². The van der Waals surface area contributed by atoms with Crippen LogP contribution in [0.4, 0.5) is 0 Å². The molecule has 2 heterocycles. The number of hydrogen-bond donors (Lipinski definition) is 0. The molecular weight excluding hydrogens is 412 g/mol. The largest absolute Gasteiger partial charge is 0.494 e. The molecular formula is C25H23ClN2O3. The first kappa shape index (κ1) is 19.8. The molecule has 0 saturated carbocycles. The lowest BCUT2D eigenvalue weighted by Crippen LogP contribution is -2.33. The van der Waals surface area contributed by atoms with Crippen molar-refractivity contribution in [2.24, 2.45) is 5.10 Å². The minimum Gasteiger partial charge on any atom is -0.494 e. The second-order valence-corrected chi connectivity index (χ2v) is 7.94. The van der Waals surface area contributed by atoms with E-state index in [4.69, 9.17) is 30.9 Å². The summed E-state index contributed by atoms with van der Waals surface area (Å²) in [7, 11) is 1.66. The Labute approximate surface area is 186 Å². The fraction of sp³-hybridized carbons (Fsp3) is 0.240. The molecule has 2 aliphatic heterocycles. The fourth-order valence-electron chi connectivity index (χ4n) is 4.21. The number of fused-ring (bicyclic) bond motifs is 3. The molecule has 0 aliphatic carbocycles. The van der Waals surface area contributed by atoms with Gasteiger partial charge < -0.3 is 14.2 Å². The number of halogens is 1. The van der Waals surface area contributed by atoms with E-state index in [0.29, 0.717) is 11.6 Å². The fourth-order valence-corrected chi connectivity index (χ4v) is 4.41. The molecule has 0 N–H and O–H groups in total. The van der Waals surface area contributed by atoms with Crippen molar-refractivity contribution < 1.29 is 14.2 Å². The Morgan fingerprint density at radius 3 is 2.65 bits per heavy atom. The van der Waals surface area contributed by atoms with E-state index >= 15 is 0 Å². The first-order chi connectivity index (χ1) is 15.2. The number of rotatable bonds is 5. The van der Waals surface area contributed by atoms with Crippen molar-refractivity contribution in [3.63, 3.8) is 0 Å². The lowest BCUT2D eigenvalue weighted by molar-refractivity contribution is -0.0208. The van der Waals surface area contributed by atoms with Crippen LogP contribution in [0, 0.1) is 0 Å². The van der Waals surface area contributed by atoms with Crippen LogP contribution in [-0.4, -0.2) is 24.4 Å². The summed E-state index contributed by atoms with van der Waals surface area (Å²) in [6.45, 7) is 2.63. The van der Waals surface area contributed by atoms with Crippen molar-refractivity contribution >= 4 is 17.3 Å². The third-order valence-corrected chi connectivity index (χ3v) is 5.87. The average molecular weight is 435 g/mol. The highest BCUT2D eigenvalue weighted by Gasteiger charge is 2.42. The van der Waals surface area contributed by atoms with Gasteiger partial charge in [-0.25, -0.2) is 5.01 Å². The summed E-state index contributed by atoms with van der Waals surface area (Å²) in [6.07, 6.45) is 0.377. The molecule has 0 unspecified atom stereocenters. The maximum absolute atomic E-state index is 6.46. The summed E-state index contributed by atoms with van der Waals surface area (Å²) in [5.41, 5.74) is 4.11. The monoisotopic (exact) mass is 434 g/mol. The first-order valence-corrected chi connectivity index (χ1v) is 10.7. The summed E-state index contributed by atoms with van der Waals surface area (Å²) in [5, 5.41) is 7.70. The van der Waals surface area contributed by atoms with Crippen molar-refractivity contribution in [3.05, 3.63) is 88.4 Å². The van der Waals surface area contributed by atoms with Gasteiger partial charge in [0.1, 0.15) is 5.75 Å². The van der Waals surface area contributed by atoms with Crippen LogP contribution >= 0.6 is 11.6 Å². The molecule has 3 aromatic carbocycles. The molecule has 2 atom stereocenters. The molecule has 6 heteroatoms. The van der Waals surface area contributed by atoms with Crippen LogP contribution in [0.3, 0.4) is 0 Å².